The van der Waals surface area contributed by atoms with E-state index in [1.54, 1.807) is 19.1 Å². The lowest BCUT2D eigenvalue weighted by molar-refractivity contribution is -0.119. The van der Waals surface area contributed by atoms with Gasteiger partial charge in [-0.3, -0.25) is 9.10 Å². The molecule has 0 bridgehead atoms. The smallest absolute Gasteiger partial charge is 0.260 e. The number of carbonyl (C=O) groups excluding carboxylic acids is 1. The monoisotopic (exact) mass is 521 g/mol. The van der Waals surface area contributed by atoms with Crippen LogP contribution < -0.4 is 9.73 Å². The maximum absolute atomic E-state index is 12.5. The molecule has 1 amide bonds. The van der Waals surface area contributed by atoms with Crippen LogP contribution in [0.15, 0.2) is 71.8 Å². The van der Waals surface area contributed by atoms with Crippen LogP contribution in [0.5, 0.6) is 0 Å². The molecule has 150 valence electrons. The van der Waals surface area contributed by atoms with Crippen LogP contribution in [0.1, 0.15) is 12.5 Å². The van der Waals surface area contributed by atoms with Gasteiger partial charge in [0.25, 0.3) is 5.91 Å². The molecule has 0 fully saturated rings. The van der Waals surface area contributed by atoms with Crippen molar-refractivity contribution in [2.75, 3.05) is 17.1 Å². The maximum atomic E-state index is 12.5. The second kappa shape index (κ2) is 8.91. The molecule has 0 aliphatic carbocycles. The van der Waals surface area contributed by atoms with Crippen molar-refractivity contribution in [3.05, 3.63) is 75.9 Å². The number of benzene rings is 3. The number of rotatable bonds is 6. The average Bonchev–Trinajstić information content (AvgIpc) is 2.69. The zero-order chi connectivity index (χ0) is 21.0. The van der Waals surface area contributed by atoms with Gasteiger partial charge in [0.1, 0.15) is 6.54 Å². The minimum atomic E-state index is -3.68. The summed E-state index contributed by atoms with van der Waals surface area (Å²) < 4.78 is 27.0. The second-order valence-corrected chi connectivity index (χ2v) is 9.66. The number of anilines is 1. The zero-order valence-corrected chi connectivity index (χ0v) is 18.9. The molecule has 3 rings (SSSR count). The first kappa shape index (κ1) is 21.3. The van der Waals surface area contributed by atoms with Crippen LogP contribution >= 0.6 is 22.6 Å². The number of sulfonamides is 1. The molecular formula is C21H20IN3O3S. The van der Waals surface area contributed by atoms with E-state index in [0.29, 0.717) is 11.4 Å². The Labute approximate surface area is 183 Å². The summed E-state index contributed by atoms with van der Waals surface area (Å²) in [6.45, 7) is 1.41. The van der Waals surface area contributed by atoms with Gasteiger partial charge in [0.2, 0.25) is 10.0 Å². The van der Waals surface area contributed by atoms with Gasteiger partial charge in [-0.15, -0.1) is 0 Å². The van der Waals surface area contributed by atoms with Crippen LogP contribution in [0, 0.1) is 3.57 Å². The molecule has 0 atom stereocenters. The molecule has 0 spiro atoms. The number of nitrogens with zero attached hydrogens (tertiary/aromatic N) is 2. The van der Waals surface area contributed by atoms with E-state index in [-0.39, 0.29) is 6.54 Å². The second-order valence-electron chi connectivity index (χ2n) is 6.51. The highest BCUT2D eigenvalue weighted by molar-refractivity contribution is 14.1. The maximum Gasteiger partial charge on any atom is 0.260 e. The largest absolute Gasteiger partial charge is 0.271 e. The van der Waals surface area contributed by atoms with E-state index in [2.05, 4.69) is 33.1 Å². The molecule has 0 unspecified atom stereocenters. The van der Waals surface area contributed by atoms with Gasteiger partial charge in [-0.1, -0.05) is 48.5 Å². The first-order chi connectivity index (χ1) is 13.8. The molecule has 0 aliphatic rings. The highest BCUT2D eigenvalue weighted by Gasteiger charge is 2.22. The lowest BCUT2D eigenvalue weighted by Gasteiger charge is -2.23. The molecule has 6 nitrogen and oxygen atoms in total. The normalized spacial score (nSPS) is 12.0. The molecule has 3 aromatic rings. The third-order valence-electron chi connectivity index (χ3n) is 4.33. The lowest BCUT2D eigenvalue weighted by Crippen LogP contribution is -2.39. The van der Waals surface area contributed by atoms with Crippen molar-refractivity contribution < 1.29 is 13.2 Å². The van der Waals surface area contributed by atoms with Crippen molar-refractivity contribution in [3.8, 4) is 0 Å². The molecule has 0 aromatic heterocycles. The quantitative estimate of drug-likeness (QED) is 0.305. The Morgan fingerprint density at radius 3 is 2.38 bits per heavy atom. The van der Waals surface area contributed by atoms with Gasteiger partial charge >= 0.3 is 0 Å². The van der Waals surface area contributed by atoms with Gasteiger partial charge in [-0.05, 0) is 58.7 Å². The van der Waals surface area contributed by atoms with E-state index in [1.807, 2.05) is 54.6 Å². The molecule has 0 heterocycles. The molecule has 29 heavy (non-hydrogen) atoms. The van der Waals surface area contributed by atoms with Crippen molar-refractivity contribution in [2.24, 2.45) is 5.10 Å². The number of fused-ring (bicyclic) bond motifs is 1. The van der Waals surface area contributed by atoms with E-state index >= 15 is 0 Å². The van der Waals surface area contributed by atoms with E-state index < -0.39 is 15.9 Å². The Balaban J connectivity index is 1.83. The van der Waals surface area contributed by atoms with Gasteiger partial charge in [0.15, 0.2) is 0 Å². The molecule has 0 saturated heterocycles. The number of hydrogen-bond acceptors (Lipinski definition) is 4. The Kier molecular flexibility index (Phi) is 6.53. The topological polar surface area (TPSA) is 78.8 Å². The summed E-state index contributed by atoms with van der Waals surface area (Å²) in [7, 11) is -3.68. The Hall–Kier alpha value is -2.46. The van der Waals surface area contributed by atoms with E-state index in [9.17, 15) is 13.2 Å². The Morgan fingerprint density at radius 2 is 1.69 bits per heavy atom. The fraction of sp³-hybridized carbons (Fsp3) is 0.143. The van der Waals surface area contributed by atoms with Crippen LogP contribution in [0.3, 0.4) is 0 Å². The molecule has 0 saturated carbocycles. The summed E-state index contributed by atoms with van der Waals surface area (Å²) in [4.78, 5) is 12.5. The zero-order valence-electron chi connectivity index (χ0n) is 16.0. The Bertz CT molecular complexity index is 1170. The van der Waals surface area contributed by atoms with Crippen LogP contribution in [0.25, 0.3) is 10.8 Å². The standard InChI is InChI=1S/C21H20IN3O3S/c1-15(16-10-12-18(22)13-11-16)23-24-21(26)14-25(29(2,27)28)20-9-5-7-17-6-3-4-8-19(17)20/h3-13H,14H2,1-2H3,(H,24,26)/b23-15-. The van der Waals surface area contributed by atoms with Crippen molar-refractivity contribution >= 4 is 60.7 Å². The summed E-state index contributed by atoms with van der Waals surface area (Å²) in [6, 6.07) is 20.5. The third kappa shape index (κ3) is 5.33. The minimum absolute atomic E-state index is 0.365. The number of carbonyl (C=O) groups is 1. The van der Waals surface area contributed by atoms with Gasteiger partial charge < -0.3 is 0 Å². The van der Waals surface area contributed by atoms with Gasteiger partial charge in [-0.25, -0.2) is 13.8 Å². The molecule has 1 N–H and O–H groups in total. The van der Waals surface area contributed by atoms with Gasteiger partial charge in [0, 0.05) is 8.96 Å². The van der Waals surface area contributed by atoms with Gasteiger partial charge in [0.05, 0.1) is 17.7 Å². The highest BCUT2D eigenvalue weighted by atomic mass is 127. The van der Waals surface area contributed by atoms with Crippen LogP contribution in [-0.2, 0) is 14.8 Å². The fourth-order valence-electron chi connectivity index (χ4n) is 2.87. The number of hydrogen-bond donors (Lipinski definition) is 1. The van der Waals surface area contributed by atoms with Crippen molar-refractivity contribution in [1.82, 2.24) is 5.43 Å². The summed E-state index contributed by atoms with van der Waals surface area (Å²) in [5, 5.41) is 5.76. The van der Waals surface area contributed by atoms with Gasteiger partial charge in [-0.2, -0.15) is 5.10 Å². The molecule has 8 heteroatoms. The number of nitrogens with one attached hydrogen (secondary N) is 1. The predicted octanol–water partition coefficient (Wildman–Crippen LogP) is 3.75. The first-order valence-corrected chi connectivity index (χ1v) is 11.7. The number of amides is 1. The fourth-order valence-corrected chi connectivity index (χ4v) is 4.10. The van der Waals surface area contributed by atoms with Crippen LogP contribution in [0.4, 0.5) is 5.69 Å². The average molecular weight is 521 g/mol. The van der Waals surface area contributed by atoms with Crippen molar-refractivity contribution in [3.63, 3.8) is 0 Å². The minimum Gasteiger partial charge on any atom is -0.271 e. The molecule has 0 aliphatic heterocycles. The lowest BCUT2D eigenvalue weighted by atomic mass is 10.1. The van der Waals surface area contributed by atoms with Crippen LogP contribution in [0.2, 0.25) is 0 Å². The molecular weight excluding hydrogens is 501 g/mol. The van der Waals surface area contributed by atoms with Crippen molar-refractivity contribution in [2.45, 2.75) is 6.92 Å². The first-order valence-electron chi connectivity index (χ1n) is 8.80. The number of hydrazone groups is 1. The predicted molar refractivity (Wildman–Crippen MR) is 126 cm³/mol. The van der Waals surface area contributed by atoms with E-state index in [4.69, 9.17) is 0 Å². The van der Waals surface area contributed by atoms with Crippen LogP contribution in [-0.4, -0.2) is 32.8 Å². The molecule has 3 aromatic carbocycles. The number of halogens is 1. The summed E-state index contributed by atoms with van der Waals surface area (Å²) in [6.07, 6.45) is 1.09. The summed E-state index contributed by atoms with van der Waals surface area (Å²) >= 11 is 2.21. The van der Waals surface area contributed by atoms with E-state index in [0.717, 1.165) is 30.5 Å². The third-order valence-corrected chi connectivity index (χ3v) is 6.18. The Morgan fingerprint density at radius 1 is 1.03 bits per heavy atom. The summed E-state index contributed by atoms with van der Waals surface area (Å²) in [5.74, 6) is -0.520. The molecule has 0 radical (unpaired) electrons. The summed E-state index contributed by atoms with van der Waals surface area (Å²) in [5.41, 5.74) is 4.42. The highest BCUT2D eigenvalue weighted by Crippen LogP contribution is 2.28. The van der Waals surface area contributed by atoms with Crippen molar-refractivity contribution in [1.29, 1.82) is 0 Å². The van der Waals surface area contributed by atoms with E-state index in [1.165, 1.54) is 0 Å². The SMILES string of the molecule is C/C(=N/NC(=O)CN(c1cccc2ccccc12)S(C)(=O)=O)c1ccc(I)cc1.